The number of carbonyl (C=O) groups is 1. The molecule has 0 bridgehead atoms. The van der Waals surface area contributed by atoms with Crippen molar-refractivity contribution in [1.82, 2.24) is 5.32 Å². The predicted octanol–water partition coefficient (Wildman–Crippen LogP) is 2.55. The Hall–Kier alpha value is -1.29. The van der Waals surface area contributed by atoms with Crippen molar-refractivity contribution in [2.24, 2.45) is 0 Å². The van der Waals surface area contributed by atoms with Gasteiger partial charge in [0.15, 0.2) is 0 Å². The van der Waals surface area contributed by atoms with Gasteiger partial charge in [-0.15, -0.1) is 6.58 Å². The highest BCUT2D eigenvalue weighted by Crippen LogP contribution is 2.16. The molecule has 1 unspecified atom stereocenters. The number of nitrogens with one attached hydrogen (secondary N) is 2. The second kappa shape index (κ2) is 6.33. The molecule has 1 amide bonds. The molecule has 0 saturated carbocycles. The molecule has 16 heavy (non-hydrogen) atoms. The fourth-order valence-electron chi connectivity index (χ4n) is 1.22. The Bertz CT molecular complexity index is 379. The third-order valence-corrected chi connectivity index (χ3v) is 2.51. The molecule has 0 aliphatic carbocycles. The smallest absolute Gasteiger partial charge is 0.242 e. The first-order chi connectivity index (χ1) is 7.63. The van der Waals surface area contributed by atoms with E-state index in [0.717, 1.165) is 10.2 Å². The SMILES string of the molecule is C=CCNC(=O)C(C)Nc1cccc(Br)c1. The molecular formula is C12H15BrN2O. The van der Waals surface area contributed by atoms with Crippen LogP contribution < -0.4 is 10.6 Å². The fraction of sp³-hybridized carbons (Fsp3) is 0.250. The van der Waals surface area contributed by atoms with Crippen LogP contribution in [-0.2, 0) is 4.79 Å². The maximum absolute atomic E-state index is 11.6. The Morgan fingerprint density at radius 3 is 3.00 bits per heavy atom. The molecule has 0 heterocycles. The van der Waals surface area contributed by atoms with E-state index in [1.165, 1.54) is 0 Å². The summed E-state index contributed by atoms with van der Waals surface area (Å²) in [7, 11) is 0. The first-order valence-electron chi connectivity index (χ1n) is 5.04. The van der Waals surface area contributed by atoms with Gasteiger partial charge in [0.25, 0.3) is 0 Å². The minimum absolute atomic E-state index is 0.0418. The minimum Gasteiger partial charge on any atom is -0.374 e. The van der Waals surface area contributed by atoms with Crippen molar-refractivity contribution in [1.29, 1.82) is 0 Å². The Morgan fingerprint density at radius 1 is 1.62 bits per heavy atom. The van der Waals surface area contributed by atoms with Crippen LogP contribution >= 0.6 is 15.9 Å². The molecule has 0 aliphatic rings. The van der Waals surface area contributed by atoms with E-state index in [9.17, 15) is 4.79 Å². The number of amides is 1. The summed E-state index contributed by atoms with van der Waals surface area (Å²) in [5, 5.41) is 5.85. The van der Waals surface area contributed by atoms with E-state index in [0.29, 0.717) is 6.54 Å². The van der Waals surface area contributed by atoms with E-state index in [1.807, 2.05) is 31.2 Å². The van der Waals surface area contributed by atoms with E-state index < -0.39 is 0 Å². The lowest BCUT2D eigenvalue weighted by molar-refractivity contribution is -0.121. The average molecular weight is 283 g/mol. The monoisotopic (exact) mass is 282 g/mol. The van der Waals surface area contributed by atoms with Crippen molar-refractivity contribution in [3.8, 4) is 0 Å². The van der Waals surface area contributed by atoms with Crippen molar-refractivity contribution in [2.75, 3.05) is 11.9 Å². The second-order valence-corrected chi connectivity index (χ2v) is 4.33. The Balaban J connectivity index is 2.53. The van der Waals surface area contributed by atoms with Gasteiger partial charge in [0, 0.05) is 16.7 Å². The number of rotatable bonds is 5. The van der Waals surface area contributed by atoms with Gasteiger partial charge in [0.05, 0.1) is 0 Å². The average Bonchev–Trinajstić information content (AvgIpc) is 2.25. The lowest BCUT2D eigenvalue weighted by Crippen LogP contribution is -2.37. The van der Waals surface area contributed by atoms with Crippen LogP contribution in [0.3, 0.4) is 0 Å². The number of anilines is 1. The van der Waals surface area contributed by atoms with Crippen molar-refractivity contribution in [2.45, 2.75) is 13.0 Å². The zero-order valence-corrected chi connectivity index (χ0v) is 10.8. The molecule has 0 saturated heterocycles. The van der Waals surface area contributed by atoms with Crippen LogP contribution in [0.25, 0.3) is 0 Å². The summed E-state index contributed by atoms with van der Waals surface area (Å²) in [5.41, 5.74) is 0.913. The molecule has 1 aromatic carbocycles. The van der Waals surface area contributed by atoms with Gasteiger partial charge in [-0.3, -0.25) is 4.79 Å². The van der Waals surface area contributed by atoms with Crippen LogP contribution in [0, 0.1) is 0 Å². The van der Waals surface area contributed by atoms with Gasteiger partial charge in [-0.25, -0.2) is 0 Å². The molecule has 4 heteroatoms. The standard InChI is InChI=1S/C12H15BrN2O/c1-3-7-14-12(16)9(2)15-11-6-4-5-10(13)8-11/h3-6,8-9,15H,1,7H2,2H3,(H,14,16). The molecule has 3 nitrogen and oxygen atoms in total. The second-order valence-electron chi connectivity index (χ2n) is 3.41. The van der Waals surface area contributed by atoms with Crippen molar-refractivity contribution in [3.63, 3.8) is 0 Å². The van der Waals surface area contributed by atoms with Crippen molar-refractivity contribution >= 4 is 27.5 Å². The van der Waals surface area contributed by atoms with E-state index in [-0.39, 0.29) is 11.9 Å². The highest BCUT2D eigenvalue weighted by molar-refractivity contribution is 9.10. The van der Waals surface area contributed by atoms with Gasteiger partial charge in [-0.2, -0.15) is 0 Å². The molecule has 0 spiro atoms. The molecule has 0 aromatic heterocycles. The maximum Gasteiger partial charge on any atom is 0.242 e. The quantitative estimate of drug-likeness (QED) is 0.815. The highest BCUT2D eigenvalue weighted by atomic mass is 79.9. The summed E-state index contributed by atoms with van der Waals surface area (Å²) in [6.07, 6.45) is 1.66. The molecular weight excluding hydrogens is 268 g/mol. The van der Waals surface area contributed by atoms with Gasteiger partial charge in [0.2, 0.25) is 5.91 Å². The highest BCUT2D eigenvalue weighted by Gasteiger charge is 2.10. The molecule has 86 valence electrons. The topological polar surface area (TPSA) is 41.1 Å². The number of carbonyl (C=O) groups excluding carboxylic acids is 1. The van der Waals surface area contributed by atoms with Crippen LogP contribution in [0.15, 0.2) is 41.4 Å². The Labute approximate surface area is 104 Å². The van der Waals surface area contributed by atoms with E-state index >= 15 is 0 Å². The Kier molecular flexibility index (Phi) is 5.05. The van der Waals surface area contributed by atoms with Crippen LogP contribution in [0.5, 0.6) is 0 Å². The number of hydrogen-bond acceptors (Lipinski definition) is 2. The Morgan fingerprint density at radius 2 is 2.38 bits per heavy atom. The third kappa shape index (κ3) is 4.06. The summed E-state index contributed by atoms with van der Waals surface area (Å²) in [6.45, 7) is 5.85. The van der Waals surface area contributed by atoms with Crippen molar-refractivity contribution in [3.05, 3.63) is 41.4 Å². The summed E-state index contributed by atoms with van der Waals surface area (Å²) in [6, 6.07) is 7.43. The maximum atomic E-state index is 11.6. The van der Waals surface area contributed by atoms with Crippen LogP contribution in [-0.4, -0.2) is 18.5 Å². The zero-order chi connectivity index (χ0) is 12.0. The van der Waals surface area contributed by atoms with Gasteiger partial charge in [-0.1, -0.05) is 28.1 Å². The normalized spacial score (nSPS) is 11.6. The third-order valence-electron chi connectivity index (χ3n) is 2.02. The minimum atomic E-state index is -0.269. The van der Waals surface area contributed by atoms with Gasteiger partial charge >= 0.3 is 0 Å². The zero-order valence-electron chi connectivity index (χ0n) is 9.16. The first kappa shape index (κ1) is 12.8. The van der Waals surface area contributed by atoms with Crippen LogP contribution in [0.2, 0.25) is 0 Å². The molecule has 1 atom stereocenters. The molecule has 2 N–H and O–H groups in total. The fourth-order valence-corrected chi connectivity index (χ4v) is 1.62. The first-order valence-corrected chi connectivity index (χ1v) is 5.83. The molecule has 0 radical (unpaired) electrons. The molecule has 1 aromatic rings. The van der Waals surface area contributed by atoms with Crippen LogP contribution in [0.4, 0.5) is 5.69 Å². The van der Waals surface area contributed by atoms with E-state index in [2.05, 4.69) is 33.1 Å². The summed E-state index contributed by atoms with van der Waals surface area (Å²) in [4.78, 5) is 11.6. The van der Waals surface area contributed by atoms with E-state index in [1.54, 1.807) is 6.08 Å². The van der Waals surface area contributed by atoms with Gasteiger partial charge in [-0.05, 0) is 25.1 Å². The largest absolute Gasteiger partial charge is 0.374 e. The molecule has 0 aliphatic heterocycles. The summed E-state index contributed by atoms with van der Waals surface area (Å²) < 4.78 is 0.983. The predicted molar refractivity (Wildman–Crippen MR) is 70.4 cm³/mol. The summed E-state index contributed by atoms with van der Waals surface area (Å²) >= 11 is 3.38. The van der Waals surface area contributed by atoms with E-state index in [4.69, 9.17) is 0 Å². The molecule has 0 fully saturated rings. The van der Waals surface area contributed by atoms with Gasteiger partial charge in [0.1, 0.15) is 6.04 Å². The van der Waals surface area contributed by atoms with Crippen molar-refractivity contribution < 1.29 is 4.79 Å². The van der Waals surface area contributed by atoms with Crippen LogP contribution in [0.1, 0.15) is 6.92 Å². The number of benzene rings is 1. The summed E-state index contributed by atoms with van der Waals surface area (Å²) in [5.74, 6) is -0.0418. The number of hydrogen-bond donors (Lipinski definition) is 2. The number of halogens is 1. The lowest BCUT2D eigenvalue weighted by Gasteiger charge is -2.14. The lowest BCUT2D eigenvalue weighted by atomic mass is 10.2. The van der Waals surface area contributed by atoms with Gasteiger partial charge < -0.3 is 10.6 Å². The molecule has 1 rings (SSSR count).